The van der Waals surface area contributed by atoms with E-state index >= 15 is 0 Å². The first-order valence-corrected chi connectivity index (χ1v) is 8.74. The minimum atomic E-state index is -3.23. The van der Waals surface area contributed by atoms with Gasteiger partial charge < -0.3 is 5.32 Å². The van der Waals surface area contributed by atoms with Crippen molar-refractivity contribution >= 4 is 33.3 Å². The maximum Gasteiger partial charge on any atom is 0.242 e. The lowest BCUT2D eigenvalue weighted by atomic mass is 9.99. The molecule has 7 nitrogen and oxygen atoms in total. The van der Waals surface area contributed by atoms with Gasteiger partial charge in [0.1, 0.15) is 0 Å². The Balaban J connectivity index is 2.50. The van der Waals surface area contributed by atoms with Crippen molar-refractivity contribution in [3.05, 3.63) is 0 Å². The maximum absolute atomic E-state index is 12.0. The number of nitrogens with zero attached hydrogens (tertiary/aromatic N) is 1. The quantitative estimate of drug-likeness (QED) is 0.480. The van der Waals surface area contributed by atoms with E-state index in [0.29, 0.717) is 31.0 Å². The molecular weight excluding hydrogens is 300 g/mol. The number of hydrogen-bond donors (Lipinski definition) is 3. The third-order valence-corrected chi connectivity index (χ3v) is 5.24. The molecule has 9 heteroatoms. The van der Waals surface area contributed by atoms with Gasteiger partial charge in [0.05, 0.1) is 11.7 Å². The minimum absolute atomic E-state index is 0.0596. The lowest BCUT2D eigenvalue weighted by Gasteiger charge is -2.30. The Morgan fingerprint density at radius 3 is 2.65 bits per heavy atom. The molecule has 1 aliphatic rings. The zero-order valence-corrected chi connectivity index (χ0v) is 13.4. The number of amides is 1. The highest BCUT2D eigenvalue weighted by molar-refractivity contribution is 7.89. The summed E-state index contributed by atoms with van der Waals surface area (Å²) >= 11 is 4.93. The van der Waals surface area contributed by atoms with Crippen LogP contribution in [0.3, 0.4) is 0 Å². The summed E-state index contributed by atoms with van der Waals surface area (Å²) in [5, 5.41) is 3.19. The molecule has 116 valence electrons. The molecule has 0 aromatic carbocycles. The summed E-state index contributed by atoms with van der Waals surface area (Å²) in [4.78, 5) is 12.0. The Morgan fingerprint density at radius 2 is 2.05 bits per heavy atom. The van der Waals surface area contributed by atoms with Gasteiger partial charge in [-0.25, -0.2) is 12.7 Å². The number of hydrogen-bond acceptors (Lipinski definition) is 4. The molecule has 1 rings (SSSR count). The third-order valence-electron chi connectivity index (χ3n) is 3.15. The van der Waals surface area contributed by atoms with Gasteiger partial charge in [-0.1, -0.05) is 0 Å². The van der Waals surface area contributed by atoms with Crippen LogP contribution >= 0.6 is 12.2 Å². The van der Waals surface area contributed by atoms with Gasteiger partial charge in [-0.2, -0.15) is 0 Å². The van der Waals surface area contributed by atoms with Crippen molar-refractivity contribution < 1.29 is 13.2 Å². The second-order valence-corrected chi connectivity index (χ2v) is 7.24. The van der Waals surface area contributed by atoms with Gasteiger partial charge >= 0.3 is 0 Å². The molecule has 1 atom stereocenters. The largest absolute Gasteiger partial charge is 0.362 e. The standard InChI is InChI=1S/C11H22N4O3S2/c1-3-12-11(19)14-13-10(16)9-6-5-7-15(8-9)20(17,18)4-2/h9H,3-8H2,1-2H3,(H,13,16)(H2,12,14,19)/t9-/m0/s1. The van der Waals surface area contributed by atoms with Gasteiger partial charge in [-0.05, 0) is 38.9 Å². The number of nitrogens with one attached hydrogen (secondary N) is 3. The highest BCUT2D eigenvalue weighted by atomic mass is 32.2. The summed E-state index contributed by atoms with van der Waals surface area (Å²) in [5.74, 6) is -0.521. The van der Waals surface area contributed by atoms with Gasteiger partial charge in [0.25, 0.3) is 0 Å². The topological polar surface area (TPSA) is 90.5 Å². The average Bonchev–Trinajstić information content (AvgIpc) is 2.45. The Hall–Kier alpha value is -0.930. The lowest BCUT2D eigenvalue weighted by molar-refractivity contribution is -0.126. The number of carbonyl (C=O) groups excluding carboxylic acids is 1. The molecule has 20 heavy (non-hydrogen) atoms. The molecule has 0 saturated carbocycles. The predicted octanol–water partition coefficient (Wildman–Crippen LogP) is -0.437. The smallest absolute Gasteiger partial charge is 0.242 e. The molecule has 1 fully saturated rings. The van der Waals surface area contributed by atoms with Gasteiger partial charge in [0.2, 0.25) is 15.9 Å². The van der Waals surface area contributed by atoms with Crippen LogP contribution in [0.2, 0.25) is 0 Å². The van der Waals surface area contributed by atoms with E-state index < -0.39 is 10.0 Å². The van der Waals surface area contributed by atoms with Crippen molar-refractivity contribution in [2.45, 2.75) is 26.7 Å². The highest BCUT2D eigenvalue weighted by Crippen LogP contribution is 2.19. The Morgan fingerprint density at radius 1 is 1.35 bits per heavy atom. The molecule has 1 amide bonds. The van der Waals surface area contributed by atoms with E-state index in [0.717, 1.165) is 0 Å². The fraction of sp³-hybridized carbons (Fsp3) is 0.818. The summed E-state index contributed by atoms with van der Waals surface area (Å²) in [6, 6.07) is 0. The van der Waals surface area contributed by atoms with Crippen molar-refractivity contribution in [2.24, 2.45) is 5.92 Å². The number of thiocarbonyl (C=S) groups is 1. The fourth-order valence-corrected chi connectivity index (χ4v) is 3.39. The van der Waals surface area contributed by atoms with Crippen LogP contribution in [0.15, 0.2) is 0 Å². The van der Waals surface area contributed by atoms with E-state index in [1.165, 1.54) is 4.31 Å². The van der Waals surface area contributed by atoms with Gasteiger partial charge in [0.15, 0.2) is 5.11 Å². The zero-order chi connectivity index (χ0) is 15.2. The number of piperidine rings is 1. The van der Waals surface area contributed by atoms with Crippen LogP contribution in [0, 0.1) is 5.92 Å². The molecule has 1 heterocycles. The Bertz CT molecular complexity index is 453. The maximum atomic E-state index is 12.0. The van der Waals surface area contributed by atoms with Crippen LogP contribution in [-0.2, 0) is 14.8 Å². The molecule has 3 N–H and O–H groups in total. The van der Waals surface area contributed by atoms with E-state index in [1.54, 1.807) is 6.92 Å². The molecule has 0 aliphatic carbocycles. The van der Waals surface area contributed by atoms with Crippen molar-refractivity contribution in [3.8, 4) is 0 Å². The van der Waals surface area contributed by atoms with Crippen molar-refractivity contribution in [1.82, 2.24) is 20.5 Å². The molecule has 0 radical (unpaired) electrons. The van der Waals surface area contributed by atoms with Crippen LogP contribution < -0.4 is 16.2 Å². The SMILES string of the molecule is CCNC(=S)NNC(=O)[C@H]1CCCN(S(=O)(=O)CC)C1. The Kier molecular flexibility index (Phi) is 6.63. The minimum Gasteiger partial charge on any atom is -0.362 e. The zero-order valence-electron chi connectivity index (χ0n) is 11.8. The molecule has 0 bridgehead atoms. The molecular formula is C11H22N4O3S2. The van der Waals surface area contributed by atoms with E-state index in [9.17, 15) is 13.2 Å². The van der Waals surface area contributed by atoms with Gasteiger partial charge in [-0.15, -0.1) is 0 Å². The van der Waals surface area contributed by atoms with Crippen molar-refractivity contribution in [3.63, 3.8) is 0 Å². The van der Waals surface area contributed by atoms with E-state index in [4.69, 9.17) is 12.2 Å². The van der Waals surface area contributed by atoms with Crippen molar-refractivity contribution in [2.75, 3.05) is 25.4 Å². The third kappa shape index (κ3) is 4.88. The first kappa shape index (κ1) is 17.1. The van der Waals surface area contributed by atoms with Crippen LogP contribution in [-0.4, -0.2) is 49.1 Å². The summed E-state index contributed by atoms with van der Waals surface area (Å²) in [7, 11) is -3.23. The number of sulfonamides is 1. The summed E-state index contributed by atoms with van der Waals surface area (Å²) < 4.78 is 25.0. The van der Waals surface area contributed by atoms with E-state index in [-0.39, 0.29) is 24.1 Å². The molecule has 1 aliphatic heterocycles. The van der Waals surface area contributed by atoms with Gasteiger partial charge in [0, 0.05) is 19.6 Å². The predicted molar refractivity (Wildman–Crippen MR) is 81.3 cm³/mol. The second kappa shape index (κ2) is 7.75. The molecule has 0 aromatic rings. The molecule has 1 saturated heterocycles. The highest BCUT2D eigenvalue weighted by Gasteiger charge is 2.31. The first-order valence-electron chi connectivity index (χ1n) is 6.72. The molecule has 0 spiro atoms. The lowest BCUT2D eigenvalue weighted by Crippen LogP contribution is -2.52. The fourth-order valence-electron chi connectivity index (χ4n) is 2.02. The summed E-state index contributed by atoms with van der Waals surface area (Å²) in [5.41, 5.74) is 5.11. The van der Waals surface area contributed by atoms with Crippen molar-refractivity contribution in [1.29, 1.82) is 0 Å². The van der Waals surface area contributed by atoms with Crippen LogP contribution in [0.1, 0.15) is 26.7 Å². The summed E-state index contributed by atoms with van der Waals surface area (Å²) in [6.07, 6.45) is 1.37. The van der Waals surface area contributed by atoms with E-state index in [1.807, 2.05) is 6.92 Å². The normalized spacial score (nSPS) is 20.2. The summed E-state index contributed by atoms with van der Waals surface area (Å²) in [6.45, 7) is 4.88. The number of hydrazine groups is 1. The van der Waals surface area contributed by atoms with Crippen LogP contribution in [0.4, 0.5) is 0 Å². The van der Waals surface area contributed by atoms with Crippen LogP contribution in [0.5, 0.6) is 0 Å². The molecule has 0 aromatic heterocycles. The monoisotopic (exact) mass is 322 g/mol. The van der Waals surface area contributed by atoms with E-state index in [2.05, 4.69) is 16.2 Å². The first-order chi connectivity index (χ1) is 9.40. The molecule has 0 unspecified atom stereocenters. The Labute approximate surface area is 125 Å². The van der Waals surface area contributed by atoms with Gasteiger partial charge in [-0.3, -0.25) is 15.6 Å². The van der Waals surface area contributed by atoms with Crippen LogP contribution in [0.25, 0.3) is 0 Å². The second-order valence-electron chi connectivity index (χ2n) is 4.57. The number of carbonyl (C=O) groups is 1. The average molecular weight is 322 g/mol. The number of rotatable bonds is 4.